The normalized spacial score (nSPS) is 16.7. The van der Waals surface area contributed by atoms with E-state index in [1.165, 1.54) is 0 Å². The summed E-state index contributed by atoms with van der Waals surface area (Å²) in [6.07, 6.45) is 2.76. The third-order valence-electron chi connectivity index (χ3n) is 4.45. The third-order valence-corrected chi connectivity index (χ3v) is 4.45. The molecule has 0 spiro atoms. The molecule has 0 bridgehead atoms. The van der Waals surface area contributed by atoms with Crippen LogP contribution in [0.25, 0.3) is 0 Å². The van der Waals surface area contributed by atoms with Gasteiger partial charge < -0.3 is 15.2 Å². The van der Waals surface area contributed by atoms with Gasteiger partial charge in [0.1, 0.15) is 0 Å². The summed E-state index contributed by atoms with van der Waals surface area (Å²) >= 11 is 0. The molecule has 0 radical (unpaired) electrons. The number of Topliss-reactive ketones (excluding diaryl/α,β-unsaturated/α-hetero) is 1. The molecule has 1 aliphatic rings. The van der Waals surface area contributed by atoms with Gasteiger partial charge in [0, 0.05) is 43.6 Å². The number of nitrogens with one attached hydrogen (secondary N) is 1. The Balaban J connectivity index is 1.68. The molecule has 1 saturated heterocycles. The van der Waals surface area contributed by atoms with Crippen LogP contribution < -0.4 is 5.32 Å². The van der Waals surface area contributed by atoms with Crippen molar-refractivity contribution < 1.29 is 19.4 Å². The highest BCUT2D eigenvalue weighted by Crippen LogP contribution is 2.28. The van der Waals surface area contributed by atoms with Gasteiger partial charge >= 0.3 is 0 Å². The molecule has 2 rings (SSSR count). The minimum atomic E-state index is -0.256. The Kier molecular flexibility index (Phi) is 6.74. The first kappa shape index (κ1) is 17.6. The number of rotatable bonds is 8. The number of aliphatic hydroxyl groups is 1. The lowest BCUT2D eigenvalue weighted by Crippen LogP contribution is -2.43. The molecular weight excluding hydrogens is 294 g/mol. The summed E-state index contributed by atoms with van der Waals surface area (Å²) in [6, 6.07) is 9.12. The van der Waals surface area contributed by atoms with Crippen LogP contribution >= 0.6 is 0 Å². The summed E-state index contributed by atoms with van der Waals surface area (Å²) in [5, 5.41) is 12.5. The number of ether oxygens (including phenoxy) is 1. The van der Waals surface area contributed by atoms with Crippen molar-refractivity contribution in [3.63, 3.8) is 0 Å². The maximum Gasteiger partial charge on any atom is 0.220 e. The molecule has 0 aromatic heterocycles. The molecule has 1 fully saturated rings. The molecule has 1 aromatic rings. The van der Waals surface area contributed by atoms with Crippen molar-refractivity contribution in [1.82, 2.24) is 5.32 Å². The van der Waals surface area contributed by atoms with E-state index in [1.807, 2.05) is 18.2 Å². The quantitative estimate of drug-likeness (QED) is 0.718. The Hall–Kier alpha value is -1.72. The maximum atomic E-state index is 12.0. The first-order valence-corrected chi connectivity index (χ1v) is 8.19. The van der Waals surface area contributed by atoms with Gasteiger partial charge in [-0.3, -0.25) is 9.59 Å². The highest BCUT2D eigenvalue weighted by molar-refractivity contribution is 5.96. The number of hydrogen-bond donors (Lipinski definition) is 2. The Bertz CT molecular complexity index is 509. The first-order valence-electron chi connectivity index (χ1n) is 8.19. The van der Waals surface area contributed by atoms with Gasteiger partial charge in [-0.05, 0) is 19.3 Å². The average molecular weight is 319 g/mol. The Morgan fingerprint density at radius 3 is 2.48 bits per heavy atom. The van der Waals surface area contributed by atoms with E-state index in [4.69, 9.17) is 4.74 Å². The van der Waals surface area contributed by atoms with E-state index < -0.39 is 0 Å². The van der Waals surface area contributed by atoms with Gasteiger partial charge in [-0.25, -0.2) is 0 Å². The predicted octanol–water partition coefficient (Wildman–Crippen LogP) is 1.94. The summed E-state index contributed by atoms with van der Waals surface area (Å²) < 4.78 is 5.31. The van der Waals surface area contributed by atoms with E-state index in [1.54, 1.807) is 12.1 Å². The Morgan fingerprint density at radius 1 is 1.13 bits per heavy atom. The number of carbonyl (C=O) groups is 2. The van der Waals surface area contributed by atoms with Crippen LogP contribution in [-0.2, 0) is 9.53 Å². The summed E-state index contributed by atoms with van der Waals surface area (Å²) in [4.78, 5) is 23.9. The molecule has 5 nitrogen and oxygen atoms in total. The molecule has 1 aliphatic heterocycles. The van der Waals surface area contributed by atoms with E-state index in [0.29, 0.717) is 44.6 Å². The van der Waals surface area contributed by atoms with Gasteiger partial charge in [0.2, 0.25) is 5.91 Å². The van der Waals surface area contributed by atoms with Gasteiger partial charge in [0.05, 0.1) is 6.61 Å². The van der Waals surface area contributed by atoms with Crippen LogP contribution in [0.3, 0.4) is 0 Å². The second kappa shape index (κ2) is 8.79. The number of ketones is 1. The largest absolute Gasteiger partial charge is 0.396 e. The smallest absolute Gasteiger partial charge is 0.220 e. The number of amides is 1. The topological polar surface area (TPSA) is 75.6 Å². The van der Waals surface area contributed by atoms with Crippen molar-refractivity contribution in [2.45, 2.75) is 32.1 Å². The summed E-state index contributed by atoms with van der Waals surface area (Å²) in [5.74, 6) is -0.000152. The predicted molar refractivity (Wildman–Crippen MR) is 87.2 cm³/mol. The highest BCUT2D eigenvalue weighted by Gasteiger charge is 2.32. The fourth-order valence-electron chi connectivity index (χ4n) is 2.75. The van der Waals surface area contributed by atoms with E-state index in [-0.39, 0.29) is 23.7 Å². The van der Waals surface area contributed by atoms with Gasteiger partial charge in [-0.1, -0.05) is 30.3 Å². The molecule has 5 heteroatoms. The zero-order chi connectivity index (χ0) is 16.5. The molecular formula is C18H25NO4. The van der Waals surface area contributed by atoms with Crippen molar-refractivity contribution >= 4 is 11.7 Å². The SMILES string of the molecule is O=C(CCCC(=O)c1ccccc1)NCC1(CO)CCOCC1. The lowest BCUT2D eigenvalue weighted by molar-refractivity contribution is -0.122. The number of carbonyl (C=O) groups excluding carboxylic acids is 2. The van der Waals surface area contributed by atoms with E-state index >= 15 is 0 Å². The molecule has 0 saturated carbocycles. The number of hydrogen-bond acceptors (Lipinski definition) is 4. The summed E-state index contributed by atoms with van der Waals surface area (Å²) in [5.41, 5.74) is 0.433. The lowest BCUT2D eigenvalue weighted by atomic mass is 9.81. The van der Waals surface area contributed by atoms with Crippen molar-refractivity contribution in [2.24, 2.45) is 5.41 Å². The van der Waals surface area contributed by atoms with E-state index in [2.05, 4.69) is 5.32 Å². The second-order valence-electron chi connectivity index (χ2n) is 6.19. The van der Waals surface area contributed by atoms with Crippen LogP contribution in [0.15, 0.2) is 30.3 Å². The molecule has 1 amide bonds. The molecule has 0 atom stereocenters. The molecule has 23 heavy (non-hydrogen) atoms. The molecule has 2 N–H and O–H groups in total. The van der Waals surface area contributed by atoms with Crippen LogP contribution in [-0.4, -0.2) is 43.2 Å². The fraction of sp³-hybridized carbons (Fsp3) is 0.556. The van der Waals surface area contributed by atoms with E-state index in [0.717, 1.165) is 12.8 Å². The minimum Gasteiger partial charge on any atom is -0.396 e. The van der Waals surface area contributed by atoms with Crippen LogP contribution in [0.5, 0.6) is 0 Å². The molecule has 1 heterocycles. The average Bonchev–Trinajstić information content (AvgIpc) is 2.61. The third kappa shape index (κ3) is 5.44. The molecule has 126 valence electrons. The van der Waals surface area contributed by atoms with Gasteiger partial charge in [-0.2, -0.15) is 0 Å². The minimum absolute atomic E-state index is 0.0587. The van der Waals surface area contributed by atoms with Crippen LogP contribution in [0.1, 0.15) is 42.5 Å². The van der Waals surface area contributed by atoms with Gasteiger partial charge in [0.15, 0.2) is 5.78 Å². The second-order valence-corrected chi connectivity index (χ2v) is 6.19. The zero-order valence-corrected chi connectivity index (χ0v) is 13.4. The van der Waals surface area contributed by atoms with Crippen molar-refractivity contribution in [3.05, 3.63) is 35.9 Å². The maximum absolute atomic E-state index is 12.0. The molecule has 1 aromatic carbocycles. The summed E-state index contributed by atoms with van der Waals surface area (Å²) in [6.45, 7) is 1.78. The number of aliphatic hydroxyl groups excluding tert-OH is 1. The summed E-state index contributed by atoms with van der Waals surface area (Å²) in [7, 11) is 0. The van der Waals surface area contributed by atoms with Crippen molar-refractivity contribution in [3.8, 4) is 0 Å². The van der Waals surface area contributed by atoms with Crippen LogP contribution in [0, 0.1) is 5.41 Å². The first-order chi connectivity index (χ1) is 11.2. The van der Waals surface area contributed by atoms with Crippen molar-refractivity contribution in [2.75, 3.05) is 26.4 Å². The fourth-order valence-corrected chi connectivity index (χ4v) is 2.75. The zero-order valence-electron chi connectivity index (χ0n) is 13.4. The number of benzene rings is 1. The van der Waals surface area contributed by atoms with Crippen molar-refractivity contribution in [1.29, 1.82) is 0 Å². The Morgan fingerprint density at radius 2 is 1.83 bits per heavy atom. The molecule has 0 unspecified atom stereocenters. The standard InChI is InChI=1S/C18H25NO4/c20-14-18(9-11-23-12-10-18)13-19-17(22)8-4-7-16(21)15-5-2-1-3-6-15/h1-3,5-6,20H,4,7-14H2,(H,19,22). The van der Waals surface area contributed by atoms with Crippen LogP contribution in [0.2, 0.25) is 0 Å². The van der Waals surface area contributed by atoms with Gasteiger partial charge in [-0.15, -0.1) is 0 Å². The lowest BCUT2D eigenvalue weighted by Gasteiger charge is -2.35. The molecule has 0 aliphatic carbocycles. The Labute approximate surface area is 137 Å². The van der Waals surface area contributed by atoms with E-state index in [9.17, 15) is 14.7 Å². The monoisotopic (exact) mass is 319 g/mol. The highest BCUT2D eigenvalue weighted by atomic mass is 16.5. The van der Waals surface area contributed by atoms with Gasteiger partial charge in [0.25, 0.3) is 0 Å². The van der Waals surface area contributed by atoms with Crippen LogP contribution in [0.4, 0.5) is 0 Å².